The number of carbonyl (C=O) groups is 2. The van der Waals surface area contributed by atoms with Crippen LogP contribution >= 0.6 is 23.6 Å². The van der Waals surface area contributed by atoms with Gasteiger partial charge in [-0.15, -0.1) is 11.3 Å². The number of hydrogen-bond acceptors (Lipinski definition) is 10. The van der Waals surface area contributed by atoms with Crippen molar-refractivity contribution in [2.75, 3.05) is 23.5 Å². The number of carbonyl (C=O) groups excluding carboxylic acids is 2. The van der Waals surface area contributed by atoms with Crippen molar-refractivity contribution in [2.24, 2.45) is 5.10 Å². The third-order valence-electron chi connectivity index (χ3n) is 3.61. The highest BCUT2D eigenvalue weighted by Gasteiger charge is 2.30. The van der Waals surface area contributed by atoms with Gasteiger partial charge in [0.2, 0.25) is 0 Å². The Morgan fingerprint density at radius 2 is 2.21 bits per heavy atom. The molecule has 13 heteroatoms. The second kappa shape index (κ2) is 8.70. The Kier molecular flexibility index (Phi) is 6.09. The number of thiocarbonyl (C=S) groups is 1. The third-order valence-corrected chi connectivity index (χ3v) is 4.77. The van der Waals surface area contributed by atoms with E-state index in [0.717, 1.165) is 11.3 Å². The molecule has 1 fully saturated rings. The van der Waals surface area contributed by atoms with Crippen LogP contribution in [-0.2, 0) is 14.3 Å². The molecule has 1 aromatic carbocycles. The van der Waals surface area contributed by atoms with Crippen molar-refractivity contribution in [3.63, 3.8) is 0 Å². The van der Waals surface area contributed by atoms with E-state index in [2.05, 4.69) is 20.8 Å². The molecule has 1 amide bonds. The molecule has 0 spiro atoms. The number of esters is 1. The quantitative estimate of drug-likeness (QED) is 0.219. The van der Waals surface area contributed by atoms with Crippen LogP contribution in [0.25, 0.3) is 0 Å². The van der Waals surface area contributed by atoms with Crippen LogP contribution in [-0.4, -0.2) is 45.8 Å². The van der Waals surface area contributed by atoms with Crippen LogP contribution in [0.2, 0.25) is 0 Å². The van der Waals surface area contributed by atoms with Crippen LogP contribution in [0.4, 0.5) is 16.5 Å². The normalized spacial score (nSPS) is 14.0. The van der Waals surface area contributed by atoms with Crippen molar-refractivity contribution < 1.29 is 19.2 Å². The molecule has 2 N–H and O–H groups in total. The van der Waals surface area contributed by atoms with E-state index < -0.39 is 10.9 Å². The van der Waals surface area contributed by atoms with Gasteiger partial charge in [-0.2, -0.15) is 5.10 Å². The Balaban J connectivity index is 1.86. The van der Waals surface area contributed by atoms with Gasteiger partial charge in [-0.1, -0.05) is 0 Å². The van der Waals surface area contributed by atoms with E-state index in [1.54, 1.807) is 12.3 Å². The summed E-state index contributed by atoms with van der Waals surface area (Å²) in [5.74, 6) is -0.971. The number of amides is 1. The number of nitro benzene ring substituents is 1. The van der Waals surface area contributed by atoms with E-state index in [1.165, 1.54) is 29.2 Å². The molecule has 0 saturated carbocycles. The first kappa shape index (κ1) is 20.3. The molecule has 1 saturated heterocycles. The first-order valence-electron chi connectivity index (χ1n) is 8.22. The van der Waals surface area contributed by atoms with Gasteiger partial charge in [-0.25, -0.2) is 14.7 Å². The minimum atomic E-state index is -0.716. The van der Waals surface area contributed by atoms with Crippen LogP contribution in [0.1, 0.15) is 12.6 Å². The van der Waals surface area contributed by atoms with E-state index in [4.69, 9.17) is 17.0 Å². The lowest BCUT2D eigenvalue weighted by molar-refractivity contribution is -0.384. The summed E-state index contributed by atoms with van der Waals surface area (Å²) in [6.07, 6.45) is 0. The van der Waals surface area contributed by atoms with E-state index in [9.17, 15) is 19.7 Å². The molecule has 0 radical (unpaired) electrons. The summed E-state index contributed by atoms with van der Waals surface area (Å²) < 4.78 is 5.02. The maximum absolute atomic E-state index is 12.3. The number of hydrogen-bond donors (Lipinski definition) is 2. The number of nitrogens with one attached hydrogen (secondary N) is 2. The number of anilines is 2. The Bertz CT molecular complexity index is 987. The molecule has 0 unspecified atom stereocenters. The number of non-ortho nitro benzene ring substituents is 1. The zero-order valence-electron chi connectivity index (χ0n) is 14.9. The maximum atomic E-state index is 12.3. The molecular formula is C16H14N6O5S2. The summed E-state index contributed by atoms with van der Waals surface area (Å²) >= 11 is 6.21. The molecule has 0 bridgehead atoms. The van der Waals surface area contributed by atoms with Gasteiger partial charge in [0.15, 0.2) is 16.0 Å². The van der Waals surface area contributed by atoms with Crippen LogP contribution in [0.3, 0.4) is 0 Å². The van der Waals surface area contributed by atoms with Gasteiger partial charge in [0.1, 0.15) is 5.69 Å². The van der Waals surface area contributed by atoms with Gasteiger partial charge in [0.05, 0.1) is 23.8 Å². The first-order chi connectivity index (χ1) is 13.9. The molecule has 150 valence electrons. The molecule has 0 aliphatic carbocycles. The van der Waals surface area contributed by atoms with E-state index in [-0.39, 0.29) is 41.3 Å². The fourth-order valence-electron chi connectivity index (χ4n) is 2.28. The number of hydrazone groups is 1. The molecule has 0 atom stereocenters. The number of rotatable bonds is 7. The fourth-order valence-corrected chi connectivity index (χ4v) is 3.43. The van der Waals surface area contributed by atoms with Gasteiger partial charge in [0, 0.05) is 17.5 Å². The van der Waals surface area contributed by atoms with E-state index in [1.807, 2.05) is 0 Å². The summed E-state index contributed by atoms with van der Waals surface area (Å²) in [4.78, 5) is 40.0. The monoisotopic (exact) mass is 434 g/mol. The topological polar surface area (TPSA) is 139 Å². The number of thiazole rings is 1. The number of nitro groups is 1. The van der Waals surface area contributed by atoms with E-state index >= 15 is 0 Å². The lowest BCUT2D eigenvalue weighted by atomic mass is 10.3. The standard InChI is InChI=1S/C16H14N6O5S2/c1-2-27-14(24)13(20-19-9-3-5-10(6-4-9)22(25)26)11-8-29-16(18-11)21-12(23)7-17-15(21)28/h3-6,8,19H,2,7H2,1H3,(H,17,28)/b20-13-. The van der Waals surface area contributed by atoms with Crippen molar-refractivity contribution in [1.29, 1.82) is 0 Å². The molecule has 1 aliphatic heterocycles. The molecule has 3 rings (SSSR count). The molecule has 2 heterocycles. The number of benzene rings is 1. The number of aromatic nitrogens is 1. The second-order valence-electron chi connectivity index (χ2n) is 5.50. The molecule has 11 nitrogen and oxygen atoms in total. The van der Waals surface area contributed by atoms with Crippen LogP contribution < -0.4 is 15.6 Å². The highest BCUT2D eigenvalue weighted by atomic mass is 32.1. The largest absolute Gasteiger partial charge is 0.461 e. The van der Waals surface area contributed by atoms with Crippen LogP contribution in [0.15, 0.2) is 34.7 Å². The predicted octanol–water partition coefficient (Wildman–Crippen LogP) is 1.65. The number of nitrogens with zero attached hydrogens (tertiary/aromatic N) is 4. The van der Waals surface area contributed by atoms with Gasteiger partial charge >= 0.3 is 5.97 Å². The summed E-state index contributed by atoms with van der Waals surface area (Å²) in [6, 6.07) is 5.50. The SMILES string of the molecule is CCOC(=O)/C(=N\Nc1ccc([N+](=O)[O-])cc1)c1csc(N2C(=O)CNC2=S)n1. The molecule has 29 heavy (non-hydrogen) atoms. The Hall–Kier alpha value is -3.45. The van der Waals surface area contributed by atoms with Gasteiger partial charge < -0.3 is 10.1 Å². The summed E-state index contributed by atoms with van der Waals surface area (Å²) in [5.41, 5.74) is 3.09. The van der Waals surface area contributed by atoms with Crippen LogP contribution in [0.5, 0.6) is 0 Å². The van der Waals surface area contributed by atoms with Gasteiger partial charge in [-0.05, 0) is 31.3 Å². The first-order valence-corrected chi connectivity index (χ1v) is 9.51. The van der Waals surface area contributed by atoms with Crippen molar-refractivity contribution in [1.82, 2.24) is 10.3 Å². The fraction of sp³-hybridized carbons (Fsp3) is 0.188. The van der Waals surface area contributed by atoms with Crippen molar-refractivity contribution in [2.45, 2.75) is 6.92 Å². The average Bonchev–Trinajstić information content (AvgIpc) is 3.29. The molecule has 1 aromatic heterocycles. The maximum Gasteiger partial charge on any atom is 0.361 e. The Morgan fingerprint density at radius 3 is 2.79 bits per heavy atom. The predicted molar refractivity (Wildman–Crippen MR) is 110 cm³/mol. The van der Waals surface area contributed by atoms with Gasteiger partial charge in [0.25, 0.3) is 11.6 Å². The number of ether oxygens (including phenoxy) is 1. The molecule has 1 aliphatic rings. The summed E-state index contributed by atoms with van der Waals surface area (Å²) in [6.45, 7) is 1.86. The van der Waals surface area contributed by atoms with Crippen molar-refractivity contribution >= 4 is 62.8 Å². The minimum absolute atomic E-state index is 0.0749. The summed E-state index contributed by atoms with van der Waals surface area (Å²) in [5, 5.41) is 19.6. The zero-order valence-corrected chi connectivity index (χ0v) is 16.6. The smallest absolute Gasteiger partial charge is 0.361 e. The molecule has 2 aromatic rings. The summed E-state index contributed by atoms with van der Waals surface area (Å²) in [7, 11) is 0. The lowest BCUT2D eigenvalue weighted by Crippen LogP contribution is -2.30. The van der Waals surface area contributed by atoms with E-state index in [0.29, 0.717) is 10.8 Å². The van der Waals surface area contributed by atoms with Crippen molar-refractivity contribution in [3.05, 3.63) is 45.5 Å². The zero-order chi connectivity index (χ0) is 21.0. The lowest BCUT2D eigenvalue weighted by Gasteiger charge is -2.09. The highest BCUT2D eigenvalue weighted by molar-refractivity contribution is 7.80. The highest BCUT2D eigenvalue weighted by Crippen LogP contribution is 2.24. The van der Waals surface area contributed by atoms with Crippen LogP contribution in [0, 0.1) is 10.1 Å². The third kappa shape index (κ3) is 4.52. The average molecular weight is 434 g/mol. The second-order valence-corrected chi connectivity index (χ2v) is 6.72. The molecular weight excluding hydrogens is 420 g/mol. The van der Waals surface area contributed by atoms with Crippen molar-refractivity contribution in [3.8, 4) is 0 Å². The Morgan fingerprint density at radius 1 is 1.48 bits per heavy atom. The van der Waals surface area contributed by atoms with Gasteiger partial charge in [-0.3, -0.25) is 20.3 Å². The Labute approximate surface area is 173 Å². The minimum Gasteiger partial charge on any atom is -0.461 e.